The Balaban J connectivity index is 2.76. The predicted molar refractivity (Wildman–Crippen MR) is 145 cm³/mol. The molecule has 0 saturated heterocycles. The van der Waals surface area contributed by atoms with Crippen molar-refractivity contribution in [1.29, 1.82) is 0 Å². The van der Waals surface area contributed by atoms with Gasteiger partial charge in [0, 0.05) is 29.5 Å². The summed E-state index contributed by atoms with van der Waals surface area (Å²) in [7, 11) is 2.10. The van der Waals surface area contributed by atoms with Crippen LogP contribution in [-0.2, 0) is 16.0 Å². The molecule has 0 heterocycles. The molecule has 0 fully saturated rings. The summed E-state index contributed by atoms with van der Waals surface area (Å²) in [6.07, 6.45) is 6.08. The number of hydrogen-bond donors (Lipinski definition) is 1. The first-order chi connectivity index (χ1) is 15.2. The number of unbranched alkanes of at least 4 members (excludes halogenated alkanes) is 2. The Morgan fingerprint density at radius 1 is 0.939 bits per heavy atom. The average molecular weight is 472 g/mol. The van der Waals surface area contributed by atoms with Crippen LogP contribution in [-0.4, -0.2) is 18.4 Å². The fourth-order valence-corrected chi connectivity index (χ4v) is 5.91. The molecule has 2 atom stereocenters. The molecule has 0 amide bonds. The molecule has 2 rings (SSSR count). The number of phenols is 1. The molecule has 0 spiro atoms. The molecule has 1 N–H and O–H groups in total. The van der Waals surface area contributed by atoms with E-state index < -0.39 is 0 Å². The minimum absolute atomic E-state index is 0.0359. The Morgan fingerprint density at radius 3 is 2.12 bits per heavy atom. The summed E-state index contributed by atoms with van der Waals surface area (Å²) < 4.78 is 14.0. The third-order valence-corrected chi connectivity index (χ3v) is 8.15. The normalized spacial score (nSPS) is 15.0. The van der Waals surface area contributed by atoms with Crippen LogP contribution in [0.15, 0.2) is 35.3 Å². The van der Waals surface area contributed by atoms with Gasteiger partial charge in [-0.15, -0.1) is 0 Å². The summed E-state index contributed by atoms with van der Waals surface area (Å²) in [6.45, 7) is 17.6. The Bertz CT molecular complexity index is 984. The molecule has 2 aromatic rings. The molecule has 4 heteroatoms. The highest BCUT2D eigenvalue weighted by Crippen LogP contribution is 2.51. The van der Waals surface area contributed by atoms with Gasteiger partial charge in [-0.05, 0) is 45.8 Å². The molecular formula is C29H43FNOP. The molecule has 0 aromatic heterocycles. The van der Waals surface area contributed by atoms with Crippen molar-refractivity contribution in [1.82, 2.24) is 0 Å². The number of benzene rings is 2. The van der Waals surface area contributed by atoms with Crippen LogP contribution in [0.2, 0.25) is 0 Å². The molecule has 33 heavy (non-hydrogen) atoms. The van der Waals surface area contributed by atoms with Crippen LogP contribution in [0.25, 0.3) is 0 Å². The van der Waals surface area contributed by atoms with E-state index in [-0.39, 0.29) is 21.8 Å². The maximum absolute atomic E-state index is 14.0. The maximum atomic E-state index is 14.0. The van der Waals surface area contributed by atoms with Gasteiger partial charge in [-0.1, -0.05) is 101 Å². The Morgan fingerprint density at radius 2 is 1.58 bits per heavy atom. The van der Waals surface area contributed by atoms with Gasteiger partial charge < -0.3 is 5.11 Å². The summed E-state index contributed by atoms with van der Waals surface area (Å²) in [5, 5.41) is 12.4. The van der Waals surface area contributed by atoms with E-state index >= 15 is 0 Å². The molecule has 2 nitrogen and oxygen atoms in total. The van der Waals surface area contributed by atoms with E-state index in [0.717, 1.165) is 47.7 Å². The van der Waals surface area contributed by atoms with E-state index in [0.29, 0.717) is 14.3 Å². The lowest BCUT2D eigenvalue weighted by atomic mass is 9.77. The van der Waals surface area contributed by atoms with Crippen molar-refractivity contribution in [3.8, 4) is 5.75 Å². The van der Waals surface area contributed by atoms with Crippen LogP contribution < -0.4 is 5.30 Å². The van der Waals surface area contributed by atoms with Gasteiger partial charge in [-0.25, -0.2) is 4.39 Å². The molecule has 2 aromatic carbocycles. The van der Waals surface area contributed by atoms with Crippen molar-refractivity contribution in [2.75, 3.05) is 7.05 Å². The first kappa shape index (κ1) is 27.5. The number of hydrogen-bond acceptors (Lipinski definition) is 2. The van der Waals surface area contributed by atoms with Crippen LogP contribution in [0.3, 0.4) is 0 Å². The summed E-state index contributed by atoms with van der Waals surface area (Å²) in [6, 6.07) is 9.39. The van der Waals surface area contributed by atoms with Crippen molar-refractivity contribution >= 4 is 20.1 Å². The standard InChI is InChI=1S/C29H43FNOP/c1-10-11-12-15-29(8,33-25-14-13-22(30)16-20(25)19-31-9)24-18-21(27(2,3)4)17-23(26(24)32)28(5,6)7/h13-14,16-19,32-33H,10-12,15H2,1-9H3/b31-19+. The molecule has 2 unspecified atom stereocenters. The monoisotopic (exact) mass is 471 g/mol. The largest absolute Gasteiger partial charge is 0.507 e. The topological polar surface area (TPSA) is 32.6 Å². The molecule has 182 valence electrons. The van der Waals surface area contributed by atoms with Crippen LogP contribution in [0, 0.1) is 5.82 Å². The second kappa shape index (κ2) is 10.7. The number of aromatic hydroxyl groups is 1. The molecule has 0 aliphatic rings. The highest BCUT2D eigenvalue weighted by molar-refractivity contribution is 7.48. The lowest BCUT2D eigenvalue weighted by molar-refractivity contribution is 0.424. The Hall–Kier alpha value is -1.73. The Labute approximate surface area is 202 Å². The van der Waals surface area contributed by atoms with E-state index in [9.17, 15) is 9.50 Å². The number of aliphatic imine (C=N–C) groups is 1. The number of halogens is 1. The first-order valence-electron chi connectivity index (χ1n) is 12.1. The fraction of sp³-hybridized carbons (Fsp3) is 0.552. The van der Waals surface area contributed by atoms with Crippen LogP contribution in [0.1, 0.15) is 103 Å². The van der Waals surface area contributed by atoms with Crippen molar-refractivity contribution in [2.45, 2.75) is 97.1 Å². The minimum Gasteiger partial charge on any atom is -0.507 e. The Kier molecular flexibility index (Phi) is 8.91. The summed E-state index contributed by atoms with van der Waals surface area (Å²) in [4.78, 5) is 4.16. The van der Waals surface area contributed by atoms with Gasteiger partial charge in [0.25, 0.3) is 0 Å². The van der Waals surface area contributed by atoms with Crippen molar-refractivity contribution < 1.29 is 9.50 Å². The van der Waals surface area contributed by atoms with E-state index in [1.54, 1.807) is 19.3 Å². The van der Waals surface area contributed by atoms with Gasteiger partial charge in [0.05, 0.1) is 0 Å². The summed E-state index contributed by atoms with van der Waals surface area (Å²) in [5.74, 6) is 0.161. The number of nitrogens with zero attached hydrogens (tertiary/aromatic N) is 1. The van der Waals surface area contributed by atoms with Crippen LogP contribution >= 0.6 is 8.58 Å². The van der Waals surface area contributed by atoms with Crippen molar-refractivity contribution in [3.05, 3.63) is 58.4 Å². The zero-order valence-electron chi connectivity index (χ0n) is 22.1. The lowest BCUT2D eigenvalue weighted by Gasteiger charge is -2.36. The molecule has 0 bridgehead atoms. The third kappa shape index (κ3) is 6.89. The highest BCUT2D eigenvalue weighted by Gasteiger charge is 2.34. The second-order valence-corrected chi connectivity index (χ2v) is 13.3. The average Bonchev–Trinajstić information content (AvgIpc) is 2.69. The SMILES string of the molecule is CCCCCC(C)(Pc1ccc(F)cc1/C=N/C)c1cc(C(C)(C)C)cc(C(C)(C)C)c1O. The van der Waals surface area contributed by atoms with E-state index in [4.69, 9.17) is 0 Å². The first-order valence-corrected chi connectivity index (χ1v) is 13.1. The van der Waals surface area contributed by atoms with Gasteiger partial charge in [-0.3, -0.25) is 4.99 Å². The smallest absolute Gasteiger partial charge is 0.123 e. The molecule has 0 radical (unpaired) electrons. The highest BCUT2D eigenvalue weighted by atomic mass is 31.1. The zero-order valence-corrected chi connectivity index (χ0v) is 23.1. The van der Waals surface area contributed by atoms with Gasteiger partial charge in [0.1, 0.15) is 11.6 Å². The van der Waals surface area contributed by atoms with Gasteiger partial charge >= 0.3 is 0 Å². The second-order valence-electron chi connectivity index (χ2n) is 11.5. The van der Waals surface area contributed by atoms with E-state index in [1.165, 1.54) is 11.6 Å². The summed E-state index contributed by atoms with van der Waals surface area (Å²) in [5.41, 5.74) is 3.85. The quantitative estimate of drug-likeness (QED) is 0.236. The van der Waals surface area contributed by atoms with Gasteiger partial charge in [-0.2, -0.15) is 0 Å². The predicted octanol–water partition coefficient (Wildman–Crippen LogP) is 7.97. The maximum Gasteiger partial charge on any atom is 0.123 e. The molecule has 0 aliphatic carbocycles. The van der Waals surface area contributed by atoms with E-state index in [1.807, 2.05) is 6.07 Å². The van der Waals surface area contributed by atoms with Gasteiger partial charge in [0.15, 0.2) is 0 Å². The summed E-state index contributed by atoms with van der Waals surface area (Å²) >= 11 is 0. The van der Waals surface area contributed by atoms with Crippen LogP contribution in [0.5, 0.6) is 5.75 Å². The van der Waals surface area contributed by atoms with Crippen LogP contribution in [0.4, 0.5) is 4.39 Å². The van der Waals surface area contributed by atoms with Crippen molar-refractivity contribution in [3.63, 3.8) is 0 Å². The van der Waals surface area contributed by atoms with Gasteiger partial charge in [0.2, 0.25) is 0 Å². The minimum atomic E-state index is -0.269. The van der Waals surface area contributed by atoms with E-state index in [2.05, 4.69) is 72.5 Å². The molecular weight excluding hydrogens is 428 g/mol. The molecule has 0 aliphatic heterocycles. The number of rotatable bonds is 8. The zero-order chi connectivity index (χ0) is 25.0. The molecule has 0 saturated carbocycles. The van der Waals surface area contributed by atoms with Crippen molar-refractivity contribution in [2.24, 2.45) is 4.99 Å². The number of phenolic OH excluding ortho intramolecular Hbond substituents is 1. The fourth-order valence-electron chi connectivity index (χ4n) is 4.24. The third-order valence-electron chi connectivity index (χ3n) is 6.35. The lowest BCUT2D eigenvalue weighted by Crippen LogP contribution is -2.25.